The van der Waals surface area contributed by atoms with Gasteiger partial charge in [0.2, 0.25) is 0 Å². The molecule has 0 N–H and O–H groups in total. The Morgan fingerprint density at radius 2 is 1.30 bits per heavy atom. The second-order valence-corrected chi connectivity index (χ2v) is 15.4. The van der Waals surface area contributed by atoms with Gasteiger partial charge in [-0.1, -0.05) is 94.4 Å². The summed E-state index contributed by atoms with van der Waals surface area (Å²) < 4.78 is 1.51. The van der Waals surface area contributed by atoms with Crippen molar-refractivity contribution in [1.82, 2.24) is 0 Å². The third-order valence-electron chi connectivity index (χ3n) is 5.11. The monoisotopic (exact) mass is 486 g/mol. The van der Waals surface area contributed by atoms with Crippen LogP contribution in [0.1, 0.15) is 103 Å². The maximum absolute atomic E-state index is 3.61. The molecule has 168 valence electrons. The third kappa shape index (κ3) is 10.3. The van der Waals surface area contributed by atoms with E-state index in [1.54, 1.807) is 29.8 Å². The van der Waals surface area contributed by atoms with Crippen molar-refractivity contribution in [2.45, 2.75) is 103 Å². The molecular formula is C29H48Zr. The van der Waals surface area contributed by atoms with Crippen LogP contribution in [0, 0.1) is 39.7 Å². The van der Waals surface area contributed by atoms with Gasteiger partial charge in [0, 0.05) is 0 Å². The van der Waals surface area contributed by atoms with Gasteiger partial charge in [0.15, 0.2) is 0 Å². The van der Waals surface area contributed by atoms with E-state index in [-0.39, 0.29) is 16.2 Å². The number of allylic oxidation sites excluding steroid dienone is 8. The molecule has 0 amide bonds. The molecule has 2 rings (SSSR count). The van der Waals surface area contributed by atoms with Crippen LogP contribution in [0.3, 0.4) is 0 Å². The second kappa shape index (κ2) is 11.0. The molecule has 0 fully saturated rings. The Morgan fingerprint density at radius 1 is 0.833 bits per heavy atom. The van der Waals surface area contributed by atoms with Crippen molar-refractivity contribution in [1.29, 1.82) is 0 Å². The Hall–Kier alpha value is -0.287. The summed E-state index contributed by atoms with van der Waals surface area (Å²) in [5, 5.41) is 0. The zero-order valence-electron chi connectivity index (χ0n) is 22.5. The van der Waals surface area contributed by atoms with E-state index in [1.165, 1.54) is 14.4 Å². The average molecular weight is 488 g/mol. The summed E-state index contributed by atoms with van der Waals surface area (Å²) in [5.74, 6) is 0.455. The molecule has 2 aliphatic rings. The standard InChI is InChI=1S/C17H29.C9H13.C3H6.Zr/c1-15(2,3)12-10-11-13(16(4,5)6)14(12)17(7,8)9;1-9(2,3)8-6-4-5-7-8;1-3-2;/h10,13H,1-9H3;4,6H,7H2,1-3H3;1-2H3;/q2*-1;;+2. The van der Waals surface area contributed by atoms with Gasteiger partial charge in [-0.15, -0.1) is 6.42 Å². The SMILES string of the molecule is CC(C)(C)C1=C(C(C)(C)C)C(C(C)(C)C)[C-]=C1.CC(C)(C)C1=CC=[C-]C1.C[C](C)=[Zr+2]. The molecule has 0 radical (unpaired) electrons. The topological polar surface area (TPSA) is 0 Å². The first-order valence-corrected chi connectivity index (χ1v) is 12.5. The van der Waals surface area contributed by atoms with E-state index in [9.17, 15) is 0 Å². The third-order valence-corrected chi connectivity index (χ3v) is 5.11. The zero-order chi connectivity index (χ0) is 24.1. The quantitative estimate of drug-likeness (QED) is 0.299. The first-order chi connectivity index (χ1) is 13.2. The molecule has 0 bridgehead atoms. The normalized spacial score (nSPS) is 19.2. The fraction of sp³-hybridized carbons (Fsp3) is 0.690. The van der Waals surface area contributed by atoms with Crippen molar-refractivity contribution < 1.29 is 24.2 Å². The summed E-state index contributed by atoms with van der Waals surface area (Å²) in [5.41, 5.74) is 5.60. The fourth-order valence-electron chi connectivity index (χ4n) is 3.53. The molecule has 0 saturated heterocycles. The second-order valence-electron chi connectivity index (χ2n) is 12.9. The van der Waals surface area contributed by atoms with Crippen LogP contribution in [0.15, 0.2) is 34.9 Å². The maximum atomic E-state index is 3.61. The van der Waals surface area contributed by atoms with Crippen molar-refractivity contribution >= 4 is 3.21 Å². The Labute approximate surface area is 204 Å². The van der Waals surface area contributed by atoms with E-state index in [0.717, 1.165) is 6.42 Å². The van der Waals surface area contributed by atoms with Gasteiger partial charge in [-0.3, -0.25) is 12.2 Å². The summed E-state index contributed by atoms with van der Waals surface area (Å²) in [6.45, 7) is 31.8. The molecule has 1 atom stereocenters. The van der Waals surface area contributed by atoms with E-state index in [4.69, 9.17) is 0 Å². The molecule has 1 heteroatoms. The predicted molar refractivity (Wildman–Crippen MR) is 133 cm³/mol. The van der Waals surface area contributed by atoms with Crippen LogP contribution in [0.5, 0.6) is 0 Å². The number of hydrogen-bond donors (Lipinski definition) is 0. The first-order valence-electron chi connectivity index (χ1n) is 11.3. The van der Waals surface area contributed by atoms with Gasteiger partial charge < -0.3 is 0 Å². The van der Waals surface area contributed by atoms with Crippen LogP contribution in [-0.2, 0) is 24.2 Å². The van der Waals surface area contributed by atoms with Gasteiger partial charge in [0.1, 0.15) is 0 Å². The molecule has 30 heavy (non-hydrogen) atoms. The van der Waals surface area contributed by atoms with Gasteiger partial charge in [-0.25, -0.2) is 18.2 Å². The first kappa shape index (κ1) is 29.7. The van der Waals surface area contributed by atoms with Crippen LogP contribution in [0.4, 0.5) is 0 Å². The molecule has 0 saturated carbocycles. The van der Waals surface area contributed by atoms with Crippen molar-refractivity contribution in [3.05, 3.63) is 47.1 Å². The van der Waals surface area contributed by atoms with Crippen LogP contribution in [0.2, 0.25) is 0 Å². The van der Waals surface area contributed by atoms with Crippen LogP contribution in [0.25, 0.3) is 0 Å². The molecule has 0 aliphatic heterocycles. The van der Waals surface area contributed by atoms with Gasteiger partial charge in [0.25, 0.3) is 0 Å². The summed E-state index contributed by atoms with van der Waals surface area (Å²) in [6.07, 6.45) is 14.2. The molecular weight excluding hydrogens is 440 g/mol. The van der Waals surface area contributed by atoms with Crippen LogP contribution >= 0.6 is 0 Å². The molecule has 2 aliphatic carbocycles. The Morgan fingerprint density at radius 3 is 1.53 bits per heavy atom. The molecule has 1 unspecified atom stereocenters. The average Bonchev–Trinajstić information content (AvgIpc) is 3.15. The summed E-state index contributed by atoms with van der Waals surface area (Å²) in [4.78, 5) is 0. The van der Waals surface area contributed by atoms with Gasteiger partial charge in [-0.2, -0.15) is 16.7 Å². The molecule has 0 aromatic heterocycles. The van der Waals surface area contributed by atoms with Gasteiger partial charge in [0.05, 0.1) is 0 Å². The molecule has 0 nitrogen and oxygen atoms in total. The number of rotatable bonds is 0. The molecule has 0 spiro atoms. The summed E-state index contributed by atoms with van der Waals surface area (Å²) in [6, 6.07) is 0. The van der Waals surface area contributed by atoms with Crippen molar-refractivity contribution in [2.24, 2.45) is 27.6 Å². The van der Waals surface area contributed by atoms with Gasteiger partial charge in [-0.05, 0) is 16.2 Å². The van der Waals surface area contributed by atoms with Gasteiger partial charge >= 0.3 is 41.3 Å². The Bertz CT molecular complexity index is 691. The zero-order valence-corrected chi connectivity index (χ0v) is 25.0. The number of hydrogen-bond acceptors (Lipinski definition) is 0. The Balaban J connectivity index is 0.000000537. The van der Waals surface area contributed by atoms with E-state index >= 15 is 0 Å². The molecule has 0 heterocycles. The van der Waals surface area contributed by atoms with Crippen molar-refractivity contribution in [2.75, 3.05) is 0 Å². The van der Waals surface area contributed by atoms with E-state index in [1.807, 2.05) is 6.08 Å². The predicted octanol–water partition coefficient (Wildman–Crippen LogP) is 8.88. The summed E-state index contributed by atoms with van der Waals surface area (Å²) in [7, 11) is 0. The minimum absolute atomic E-state index is 0.218. The van der Waals surface area contributed by atoms with Crippen molar-refractivity contribution in [3.63, 3.8) is 0 Å². The molecule has 0 aromatic rings. The molecule has 0 aromatic carbocycles. The van der Waals surface area contributed by atoms with Crippen LogP contribution < -0.4 is 0 Å². The van der Waals surface area contributed by atoms with E-state index in [0.29, 0.717) is 11.3 Å². The summed E-state index contributed by atoms with van der Waals surface area (Å²) >= 11 is 1.55. The van der Waals surface area contributed by atoms with Crippen molar-refractivity contribution in [3.8, 4) is 0 Å². The fourth-order valence-corrected chi connectivity index (χ4v) is 3.53. The van der Waals surface area contributed by atoms with E-state index in [2.05, 4.69) is 121 Å². The van der Waals surface area contributed by atoms with E-state index < -0.39 is 0 Å². The minimum atomic E-state index is 0.218. The van der Waals surface area contributed by atoms with Crippen LogP contribution in [-0.4, -0.2) is 3.21 Å². The Kier molecular flexibility index (Phi) is 10.9.